The lowest BCUT2D eigenvalue weighted by Crippen LogP contribution is -2.21. The highest BCUT2D eigenvalue weighted by Crippen LogP contribution is 2.22. The summed E-state index contributed by atoms with van der Waals surface area (Å²) < 4.78 is 0. The lowest BCUT2D eigenvalue weighted by Gasteiger charge is -2.19. The Morgan fingerprint density at radius 1 is 1.00 bits per heavy atom. The molecule has 0 radical (unpaired) electrons. The Labute approximate surface area is 138 Å². The zero-order valence-electron chi connectivity index (χ0n) is 13.4. The SMILES string of the molecule is CC(C)(C)c1ccc(CNC[C@H](O)c2ccc(Cl)cc2)cc1. The van der Waals surface area contributed by atoms with Gasteiger partial charge in [-0.15, -0.1) is 0 Å². The summed E-state index contributed by atoms with van der Waals surface area (Å²) in [5.41, 5.74) is 3.60. The summed E-state index contributed by atoms with van der Waals surface area (Å²) in [6.45, 7) is 7.89. The maximum Gasteiger partial charge on any atom is 0.0914 e. The summed E-state index contributed by atoms with van der Waals surface area (Å²) in [6.07, 6.45) is -0.522. The summed E-state index contributed by atoms with van der Waals surface area (Å²) in [5.74, 6) is 0. The third-order valence-electron chi connectivity index (χ3n) is 3.74. The molecule has 118 valence electrons. The second kappa shape index (κ2) is 7.28. The monoisotopic (exact) mass is 317 g/mol. The van der Waals surface area contributed by atoms with Crippen molar-refractivity contribution in [1.82, 2.24) is 5.32 Å². The van der Waals surface area contributed by atoms with Gasteiger partial charge in [-0.3, -0.25) is 0 Å². The molecule has 2 aromatic rings. The molecule has 3 heteroatoms. The molecule has 0 amide bonds. The first-order chi connectivity index (χ1) is 10.4. The van der Waals surface area contributed by atoms with Gasteiger partial charge in [0.05, 0.1) is 6.10 Å². The van der Waals surface area contributed by atoms with Crippen molar-refractivity contribution in [2.75, 3.05) is 6.54 Å². The first kappa shape index (κ1) is 17.0. The number of aliphatic hydroxyl groups excluding tert-OH is 1. The van der Waals surface area contributed by atoms with Crippen LogP contribution in [0.5, 0.6) is 0 Å². The highest BCUT2D eigenvalue weighted by Gasteiger charge is 2.12. The molecule has 0 heterocycles. The maximum absolute atomic E-state index is 10.1. The van der Waals surface area contributed by atoms with Gasteiger partial charge in [0.25, 0.3) is 0 Å². The number of aliphatic hydroxyl groups is 1. The Balaban J connectivity index is 1.84. The standard InChI is InChI=1S/C19H24ClNO/c1-19(2,3)16-8-4-14(5-9-16)12-21-13-18(22)15-6-10-17(20)11-7-15/h4-11,18,21-22H,12-13H2,1-3H3/t18-/m0/s1. The third-order valence-corrected chi connectivity index (χ3v) is 3.99. The quantitative estimate of drug-likeness (QED) is 0.853. The minimum atomic E-state index is -0.522. The van der Waals surface area contributed by atoms with Crippen molar-refractivity contribution in [3.8, 4) is 0 Å². The van der Waals surface area contributed by atoms with Crippen LogP contribution < -0.4 is 5.32 Å². The van der Waals surface area contributed by atoms with E-state index in [0.29, 0.717) is 11.6 Å². The highest BCUT2D eigenvalue weighted by molar-refractivity contribution is 6.30. The summed E-state index contributed by atoms with van der Waals surface area (Å²) in [6, 6.07) is 15.9. The molecule has 0 aromatic heterocycles. The minimum Gasteiger partial charge on any atom is -0.387 e. The van der Waals surface area contributed by atoms with Gasteiger partial charge >= 0.3 is 0 Å². The van der Waals surface area contributed by atoms with E-state index in [4.69, 9.17) is 11.6 Å². The van der Waals surface area contributed by atoms with E-state index in [1.165, 1.54) is 11.1 Å². The molecule has 2 nitrogen and oxygen atoms in total. The second-order valence-electron chi connectivity index (χ2n) is 6.65. The number of nitrogens with one attached hydrogen (secondary N) is 1. The molecule has 0 aliphatic rings. The van der Waals surface area contributed by atoms with Crippen LogP contribution in [0.3, 0.4) is 0 Å². The molecule has 0 fully saturated rings. The van der Waals surface area contributed by atoms with Crippen LogP contribution in [0.2, 0.25) is 5.02 Å². The lowest BCUT2D eigenvalue weighted by atomic mass is 9.87. The van der Waals surface area contributed by atoms with Gasteiger partial charge in [0.1, 0.15) is 0 Å². The summed E-state index contributed by atoms with van der Waals surface area (Å²) in [5, 5.41) is 14.1. The lowest BCUT2D eigenvalue weighted by molar-refractivity contribution is 0.174. The van der Waals surface area contributed by atoms with Gasteiger partial charge in [-0.25, -0.2) is 0 Å². The molecule has 2 rings (SSSR count). The number of rotatable bonds is 5. The summed E-state index contributed by atoms with van der Waals surface area (Å²) in [4.78, 5) is 0. The van der Waals surface area contributed by atoms with Crippen LogP contribution in [-0.4, -0.2) is 11.7 Å². The van der Waals surface area contributed by atoms with Crippen LogP contribution in [-0.2, 0) is 12.0 Å². The van der Waals surface area contributed by atoms with E-state index in [0.717, 1.165) is 12.1 Å². The fraction of sp³-hybridized carbons (Fsp3) is 0.368. The average molecular weight is 318 g/mol. The van der Waals surface area contributed by atoms with Gasteiger partial charge < -0.3 is 10.4 Å². The van der Waals surface area contributed by atoms with Crippen LogP contribution >= 0.6 is 11.6 Å². The van der Waals surface area contributed by atoms with Crippen molar-refractivity contribution in [2.24, 2.45) is 0 Å². The van der Waals surface area contributed by atoms with Crippen LogP contribution in [0, 0.1) is 0 Å². The predicted octanol–water partition coefficient (Wildman–Crippen LogP) is 4.46. The van der Waals surface area contributed by atoms with Crippen molar-refractivity contribution in [3.05, 3.63) is 70.2 Å². The summed E-state index contributed by atoms with van der Waals surface area (Å²) in [7, 11) is 0. The Kier molecular flexibility index (Phi) is 5.63. The molecule has 2 aromatic carbocycles. The van der Waals surface area contributed by atoms with Crippen LogP contribution in [0.15, 0.2) is 48.5 Å². The van der Waals surface area contributed by atoms with Crippen molar-refractivity contribution in [3.63, 3.8) is 0 Å². The molecule has 0 spiro atoms. The Morgan fingerprint density at radius 3 is 2.14 bits per heavy atom. The molecule has 0 aliphatic heterocycles. The number of halogens is 1. The fourth-order valence-electron chi connectivity index (χ4n) is 2.28. The van der Waals surface area contributed by atoms with Crippen LogP contribution in [0.25, 0.3) is 0 Å². The van der Waals surface area contributed by atoms with Crippen LogP contribution in [0.4, 0.5) is 0 Å². The first-order valence-electron chi connectivity index (χ1n) is 7.60. The number of benzene rings is 2. The van der Waals surface area contributed by atoms with Gasteiger partial charge in [0, 0.05) is 18.1 Å². The van der Waals surface area contributed by atoms with E-state index >= 15 is 0 Å². The average Bonchev–Trinajstić information content (AvgIpc) is 2.47. The van der Waals surface area contributed by atoms with Crippen molar-refractivity contribution < 1.29 is 5.11 Å². The third kappa shape index (κ3) is 4.84. The molecular weight excluding hydrogens is 294 g/mol. The number of hydrogen-bond donors (Lipinski definition) is 2. The minimum absolute atomic E-state index is 0.177. The van der Waals surface area contributed by atoms with E-state index in [1.807, 2.05) is 12.1 Å². The van der Waals surface area contributed by atoms with Gasteiger partial charge in [-0.1, -0.05) is 68.8 Å². The molecule has 0 unspecified atom stereocenters. The van der Waals surface area contributed by atoms with Gasteiger partial charge in [0.15, 0.2) is 0 Å². The Morgan fingerprint density at radius 2 is 1.59 bits per heavy atom. The van der Waals surface area contributed by atoms with Gasteiger partial charge in [-0.05, 0) is 34.2 Å². The topological polar surface area (TPSA) is 32.3 Å². The van der Waals surface area contributed by atoms with Gasteiger partial charge in [-0.2, -0.15) is 0 Å². The maximum atomic E-state index is 10.1. The second-order valence-corrected chi connectivity index (χ2v) is 7.08. The van der Waals surface area contributed by atoms with Crippen molar-refractivity contribution >= 4 is 11.6 Å². The normalized spacial score (nSPS) is 13.1. The van der Waals surface area contributed by atoms with E-state index in [-0.39, 0.29) is 5.41 Å². The van der Waals surface area contributed by atoms with E-state index in [1.54, 1.807) is 12.1 Å². The van der Waals surface area contributed by atoms with E-state index < -0.39 is 6.10 Å². The Bertz CT molecular complexity index is 584. The largest absolute Gasteiger partial charge is 0.387 e. The van der Waals surface area contributed by atoms with Gasteiger partial charge in [0.2, 0.25) is 0 Å². The molecule has 2 N–H and O–H groups in total. The highest BCUT2D eigenvalue weighted by atomic mass is 35.5. The number of hydrogen-bond acceptors (Lipinski definition) is 2. The molecular formula is C19H24ClNO. The molecule has 0 bridgehead atoms. The molecule has 22 heavy (non-hydrogen) atoms. The van der Waals surface area contributed by atoms with Crippen molar-refractivity contribution in [2.45, 2.75) is 38.8 Å². The Hall–Kier alpha value is -1.35. The summed E-state index contributed by atoms with van der Waals surface area (Å²) >= 11 is 5.85. The molecule has 0 saturated carbocycles. The molecule has 1 atom stereocenters. The first-order valence-corrected chi connectivity index (χ1v) is 7.98. The van der Waals surface area contributed by atoms with E-state index in [9.17, 15) is 5.11 Å². The molecule has 0 saturated heterocycles. The van der Waals surface area contributed by atoms with Crippen molar-refractivity contribution in [1.29, 1.82) is 0 Å². The van der Waals surface area contributed by atoms with E-state index in [2.05, 4.69) is 50.4 Å². The van der Waals surface area contributed by atoms with Crippen LogP contribution in [0.1, 0.15) is 43.6 Å². The predicted molar refractivity (Wildman–Crippen MR) is 93.3 cm³/mol. The smallest absolute Gasteiger partial charge is 0.0914 e. The zero-order chi connectivity index (χ0) is 16.2. The fourth-order valence-corrected chi connectivity index (χ4v) is 2.40. The molecule has 0 aliphatic carbocycles. The zero-order valence-corrected chi connectivity index (χ0v) is 14.2.